The largest absolute Gasteiger partial charge is 0.508 e. The number of phenolic OH excluding ortho intramolecular Hbond substituents is 1. The van der Waals surface area contributed by atoms with Crippen LogP contribution in [0.5, 0.6) is 5.75 Å². The van der Waals surface area contributed by atoms with Crippen LogP contribution < -0.4 is 5.73 Å². The van der Waals surface area contributed by atoms with Crippen LogP contribution in [0.3, 0.4) is 0 Å². The first-order valence-electron chi connectivity index (χ1n) is 6.12. The molecule has 0 radical (unpaired) electrons. The van der Waals surface area contributed by atoms with Crippen molar-refractivity contribution in [2.75, 3.05) is 7.05 Å². The molecule has 0 spiro atoms. The van der Waals surface area contributed by atoms with Gasteiger partial charge in [0.05, 0.1) is 18.5 Å². The Kier molecular flexibility index (Phi) is 5.34. The number of phenols is 1. The summed E-state index contributed by atoms with van der Waals surface area (Å²) in [5.41, 5.74) is 6.77. The number of rotatable bonds is 5. The lowest BCUT2D eigenvalue weighted by molar-refractivity contribution is -0.132. The summed E-state index contributed by atoms with van der Waals surface area (Å²) < 4.78 is 0. The Hall–Kier alpha value is -2.06. The number of benzene rings is 1. The van der Waals surface area contributed by atoms with Crippen molar-refractivity contribution < 1.29 is 9.90 Å². The molecule has 0 saturated heterocycles. The molecular formula is C14H19N3O2. The zero-order valence-corrected chi connectivity index (χ0v) is 11.2. The third kappa shape index (κ3) is 4.27. The second-order valence-corrected chi connectivity index (χ2v) is 4.64. The first kappa shape index (κ1) is 15.0. The predicted octanol–water partition coefficient (Wildman–Crippen LogP) is 1.02. The molecule has 0 fully saturated rings. The van der Waals surface area contributed by atoms with Gasteiger partial charge in [-0.1, -0.05) is 12.1 Å². The monoisotopic (exact) mass is 261 g/mol. The number of hydrogen-bond donors (Lipinski definition) is 2. The van der Waals surface area contributed by atoms with Crippen molar-refractivity contribution in [1.82, 2.24) is 4.90 Å². The van der Waals surface area contributed by atoms with E-state index in [0.717, 1.165) is 5.56 Å². The average Bonchev–Trinajstić information content (AvgIpc) is 2.39. The molecule has 2 unspecified atom stereocenters. The van der Waals surface area contributed by atoms with Crippen LogP contribution >= 0.6 is 0 Å². The Morgan fingerprint density at radius 2 is 2.05 bits per heavy atom. The van der Waals surface area contributed by atoms with Gasteiger partial charge in [-0.2, -0.15) is 5.26 Å². The number of aromatic hydroxyl groups is 1. The number of carbonyl (C=O) groups excluding carboxylic acids is 1. The minimum absolute atomic E-state index is 0.150. The normalized spacial score (nSPS) is 13.4. The predicted molar refractivity (Wildman–Crippen MR) is 72.2 cm³/mol. The van der Waals surface area contributed by atoms with Gasteiger partial charge in [-0.05, 0) is 31.0 Å². The molecule has 0 aliphatic carbocycles. The van der Waals surface area contributed by atoms with Crippen LogP contribution in [0, 0.1) is 11.3 Å². The number of likely N-dealkylation sites (N-methyl/N-ethyl adjacent to an activating group) is 1. The number of nitrogens with two attached hydrogens (primary N) is 1. The summed E-state index contributed by atoms with van der Waals surface area (Å²) in [6, 6.07) is 7.85. The van der Waals surface area contributed by atoms with Crippen LogP contribution in [0.15, 0.2) is 24.3 Å². The lowest BCUT2D eigenvalue weighted by atomic mass is 10.0. The van der Waals surface area contributed by atoms with Crippen molar-refractivity contribution in [3.05, 3.63) is 29.8 Å². The molecule has 1 aromatic rings. The van der Waals surface area contributed by atoms with Crippen LogP contribution in [0.1, 0.15) is 18.9 Å². The molecule has 19 heavy (non-hydrogen) atoms. The van der Waals surface area contributed by atoms with E-state index in [2.05, 4.69) is 0 Å². The molecular weight excluding hydrogens is 242 g/mol. The highest BCUT2D eigenvalue weighted by Gasteiger charge is 2.22. The van der Waals surface area contributed by atoms with E-state index in [4.69, 9.17) is 11.0 Å². The summed E-state index contributed by atoms with van der Waals surface area (Å²) in [6.45, 7) is 1.81. The Bertz CT molecular complexity index is 465. The first-order valence-corrected chi connectivity index (χ1v) is 6.12. The van der Waals surface area contributed by atoms with Crippen LogP contribution in [-0.2, 0) is 11.2 Å². The molecule has 0 aliphatic rings. The maximum atomic E-state index is 12.1. The highest BCUT2D eigenvalue weighted by atomic mass is 16.3. The van der Waals surface area contributed by atoms with E-state index < -0.39 is 6.04 Å². The summed E-state index contributed by atoms with van der Waals surface area (Å²) in [6.07, 6.45) is 0.691. The van der Waals surface area contributed by atoms with Crippen LogP contribution in [0.2, 0.25) is 0 Å². The van der Waals surface area contributed by atoms with Gasteiger partial charge in [-0.3, -0.25) is 4.79 Å². The molecule has 102 valence electrons. The Labute approximate surface area is 113 Å². The third-order valence-electron chi connectivity index (χ3n) is 3.10. The lowest BCUT2D eigenvalue weighted by Gasteiger charge is -2.26. The smallest absolute Gasteiger partial charge is 0.239 e. The summed E-state index contributed by atoms with van der Waals surface area (Å²) in [5, 5.41) is 17.8. The molecule has 0 bridgehead atoms. The summed E-state index contributed by atoms with van der Waals surface area (Å²) >= 11 is 0. The van der Waals surface area contributed by atoms with E-state index in [0.29, 0.717) is 6.42 Å². The second-order valence-electron chi connectivity index (χ2n) is 4.64. The van der Waals surface area contributed by atoms with Gasteiger partial charge >= 0.3 is 0 Å². The highest BCUT2D eigenvalue weighted by molar-refractivity contribution is 5.82. The second kappa shape index (κ2) is 6.76. The van der Waals surface area contributed by atoms with Gasteiger partial charge in [0.2, 0.25) is 5.91 Å². The fourth-order valence-electron chi connectivity index (χ4n) is 1.72. The van der Waals surface area contributed by atoms with Gasteiger partial charge in [-0.15, -0.1) is 0 Å². The van der Waals surface area contributed by atoms with Crippen LogP contribution in [0.25, 0.3) is 0 Å². The SMILES string of the molecule is CC(CC#N)N(C)C(=O)C(N)Cc1ccc(O)cc1. The molecule has 3 N–H and O–H groups in total. The third-order valence-corrected chi connectivity index (χ3v) is 3.10. The van der Waals surface area contributed by atoms with Crippen molar-refractivity contribution >= 4 is 5.91 Å². The fourth-order valence-corrected chi connectivity index (χ4v) is 1.72. The topological polar surface area (TPSA) is 90.4 Å². The fraction of sp³-hybridized carbons (Fsp3) is 0.429. The molecule has 0 aliphatic heterocycles. The quantitative estimate of drug-likeness (QED) is 0.828. The molecule has 0 heterocycles. The summed E-state index contributed by atoms with van der Waals surface area (Å²) in [7, 11) is 1.65. The van der Waals surface area contributed by atoms with E-state index in [1.165, 1.54) is 4.90 Å². The molecule has 5 nitrogen and oxygen atoms in total. The first-order chi connectivity index (χ1) is 8.95. The molecule has 0 aromatic heterocycles. The maximum absolute atomic E-state index is 12.1. The standard InChI is InChI=1S/C14H19N3O2/c1-10(7-8-15)17(2)14(19)13(16)9-11-3-5-12(18)6-4-11/h3-6,10,13,18H,7,9,16H2,1-2H3. The zero-order chi connectivity index (χ0) is 14.4. The van der Waals surface area contributed by atoms with E-state index in [9.17, 15) is 9.90 Å². The van der Waals surface area contributed by atoms with Gasteiger partial charge in [0, 0.05) is 13.1 Å². The number of carbonyl (C=O) groups is 1. The van der Waals surface area contributed by atoms with E-state index in [1.807, 2.05) is 13.0 Å². The minimum atomic E-state index is -0.643. The van der Waals surface area contributed by atoms with Crippen molar-refractivity contribution in [2.45, 2.75) is 31.8 Å². The van der Waals surface area contributed by atoms with Crippen molar-refractivity contribution in [3.8, 4) is 11.8 Å². The minimum Gasteiger partial charge on any atom is -0.508 e. The molecule has 2 atom stereocenters. The van der Waals surface area contributed by atoms with Crippen LogP contribution in [-0.4, -0.2) is 35.0 Å². The average molecular weight is 261 g/mol. The van der Waals surface area contributed by atoms with E-state index in [-0.39, 0.29) is 24.1 Å². The molecule has 1 amide bonds. The number of hydrogen-bond acceptors (Lipinski definition) is 4. The van der Waals surface area contributed by atoms with Crippen molar-refractivity contribution in [2.24, 2.45) is 5.73 Å². The number of nitriles is 1. The number of nitrogens with zero attached hydrogens (tertiary/aromatic N) is 2. The zero-order valence-electron chi connectivity index (χ0n) is 11.2. The van der Waals surface area contributed by atoms with Crippen LogP contribution in [0.4, 0.5) is 0 Å². The molecule has 1 rings (SSSR count). The Balaban J connectivity index is 2.62. The van der Waals surface area contributed by atoms with E-state index in [1.54, 1.807) is 31.3 Å². The number of amides is 1. The Morgan fingerprint density at radius 1 is 1.47 bits per heavy atom. The lowest BCUT2D eigenvalue weighted by Crippen LogP contribution is -2.46. The van der Waals surface area contributed by atoms with Gasteiger partial charge < -0.3 is 15.7 Å². The molecule has 1 aromatic carbocycles. The van der Waals surface area contributed by atoms with Gasteiger partial charge in [0.1, 0.15) is 5.75 Å². The molecule has 0 saturated carbocycles. The van der Waals surface area contributed by atoms with Gasteiger partial charge in [-0.25, -0.2) is 0 Å². The van der Waals surface area contributed by atoms with Crippen molar-refractivity contribution in [1.29, 1.82) is 5.26 Å². The van der Waals surface area contributed by atoms with Crippen molar-refractivity contribution in [3.63, 3.8) is 0 Å². The van der Waals surface area contributed by atoms with Gasteiger partial charge in [0.15, 0.2) is 0 Å². The highest BCUT2D eigenvalue weighted by Crippen LogP contribution is 2.12. The molecule has 5 heteroatoms. The van der Waals surface area contributed by atoms with Gasteiger partial charge in [0.25, 0.3) is 0 Å². The maximum Gasteiger partial charge on any atom is 0.239 e. The Morgan fingerprint density at radius 3 is 2.58 bits per heavy atom. The summed E-state index contributed by atoms with van der Waals surface area (Å²) in [4.78, 5) is 13.6. The van der Waals surface area contributed by atoms with E-state index >= 15 is 0 Å². The summed E-state index contributed by atoms with van der Waals surface area (Å²) in [5.74, 6) is -0.000710.